The molecule has 138 valence electrons. The van der Waals surface area contributed by atoms with Crippen LogP contribution in [0, 0.1) is 5.92 Å². The lowest BCUT2D eigenvalue weighted by Gasteiger charge is -2.09. The maximum Gasteiger partial charge on any atom is 0.275 e. The molecule has 3 aromatic rings. The molecular formula is C22H16N2O4. The third-order valence-corrected chi connectivity index (χ3v) is 4.84. The first kappa shape index (κ1) is 17.6. The summed E-state index contributed by atoms with van der Waals surface area (Å²) in [7, 11) is 0. The highest BCUT2D eigenvalue weighted by molar-refractivity contribution is 6.36. The largest absolute Gasteiger partial charge is 0.507 e. The van der Waals surface area contributed by atoms with Crippen LogP contribution in [-0.2, 0) is 0 Å². The first-order valence-electron chi connectivity index (χ1n) is 8.71. The van der Waals surface area contributed by atoms with E-state index in [-0.39, 0.29) is 28.6 Å². The quantitative estimate of drug-likeness (QED) is 0.419. The van der Waals surface area contributed by atoms with Crippen molar-refractivity contribution in [1.29, 1.82) is 0 Å². The van der Waals surface area contributed by atoms with Crippen LogP contribution in [0.15, 0.2) is 65.8 Å². The number of hydrogen-bond acceptors (Lipinski definition) is 5. The number of nitrogens with one attached hydrogen (secondary N) is 1. The lowest BCUT2D eigenvalue weighted by atomic mass is 9.99. The monoisotopic (exact) mass is 372 g/mol. The van der Waals surface area contributed by atoms with E-state index in [1.807, 2.05) is 24.3 Å². The zero-order valence-corrected chi connectivity index (χ0v) is 15.0. The fraction of sp³-hybridized carbons (Fsp3) is 0.0909. The topological polar surface area (TPSA) is 95.8 Å². The summed E-state index contributed by atoms with van der Waals surface area (Å²) in [6, 6.07) is 17.0. The van der Waals surface area contributed by atoms with Crippen molar-refractivity contribution in [3.63, 3.8) is 0 Å². The number of ketones is 2. The molecule has 1 aliphatic carbocycles. The van der Waals surface area contributed by atoms with Crippen molar-refractivity contribution in [2.24, 2.45) is 11.0 Å². The Kier molecular flexibility index (Phi) is 4.24. The first-order chi connectivity index (χ1) is 13.5. The van der Waals surface area contributed by atoms with Crippen LogP contribution >= 0.6 is 0 Å². The van der Waals surface area contributed by atoms with Crippen LogP contribution < -0.4 is 5.43 Å². The van der Waals surface area contributed by atoms with E-state index in [1.54, 1.807) is 30.3 Å². The molecule has 0 radical (unpaired) electrons. The molecule has 6 nitrogen and oxygen atoms in total. The normalized spacial score (nSPS) is 14.4. The molecule has 0 aromatic heterocycles. The number of fused-ring (bicyclic) bond motifs is 2. The molecular weight excluding hydrogens is 356 g/mol. The molecule has 1 amide bonds. The van der Waals surface area contributed by atoms with Crippen molar-refractivity contribution in [2.75, 3.05) is 0 Å². The smallest absolute Gasteiger partial charge is 0.275 e. The van der Waals surface area contributed by atoms with Crippen LogP contribution in [0.4, 0.5) is 0 Å². The van der Waals surface area contributed by atoms with E-state index >= 15 is 0 Å². The Morgan fingerprint density at radius 3 is 2.07 bits per heavy atom. The van der Waals surface area contributed by atoms with Crippen molar-refractivity contribution in [3.05, 3.63) is 77.4 Å². The predicted molar refractivity (Wildman–Crippen MR) is 105 cm³/mol. The Bertz CT molecular complexity index is 1150. The van der Waals surface area contributed by atoms with E-state index in [4.69, 9.17) is 0 Å². The van der Waals surface area contributed by atoms with Crippen LogP contribution in [0.2, 0.25) is 0 Å². The number of hydrogen-bond donors (Lipinski definition) is 2. The molecule has 2 N–H and O–H groups in total. The van der Waals surface area contributed by atoms with Crippen molar-refractivity contribution in [3.8, 4) is 5.75 Å². The molecule has 0 spiro atoms. The number of rotatable bonds is 3. The van der Waals surface area contributed by atoms with E-state index in [0.717, 1.165) is 10.8 Å². The standard InChI is InChI=1S/C22H16N2O4/c1-12(19-20(26)15-8-4-5-9-16(15)21(19)27)23-24-22(28)17-10-13-6-2-3-7-14(13)11-18(17)25/h2-11,19,25H,1H3,(H,24,28)/b23-12+. The van der Waals surface area contributed by atoms with E-state index in [2.05, 4.69) is 10.5 Å². The van der Waals surface area contributed by atoms with Crippen LogP contribution in [0.25, 0.3) is 10.8 Å². The van der Waals surface area contributed by atoms with Gasteiger partial charge in [0.25, 0.3) is 5.91 Å². The second kappa shape index (κ2) is 6.74. The number of phenols is 1. The minimum Gasteiger partial charge on any atom is -0.507 e. The molecule has 0 bridgehead atoms. The molecule has 0 fully saturated rings. The van der Waals surface area contributed by atoms with Gasteiger partial charge in [0.05, 0.1) is 11.3 Å². The van der Waals surface area contributed by atoms with Gasteiger partial charge in [0.2, 0.25) is 0 Å². The molecule has 0 heterocycles. The number of benzene rings is 3. The number of phenolic OH excluding ortho intramolecular Hbond substituents is 1. The van der Waals surface area contributed by atoms with Gasteiger partial charge >= 0.3 is 0 Å². The zero-order chi connectivity index (χ0) is 19.8. The first-order valence-corrected chi connectivity index (χ1v) is 8.71. The highest BCUT2D eigenvalue weighted by Gasteiger charge is 2.40. The number of amides is 1. The van der Waals surface area contributed by atoms with Gasteiger partial charge in [-0.1, -0.05) is 48.5 Å². The van der Waals surface area contributed by atoms with Crippen molar-refractivity contribution < 1.29 is 19.5 Å². The lowest BCUT2D eigenvalue weighted by Crippen LogP contribution is -2.27. The minimum absolute atomic E-state index is 0.0580. The summed E-state index contributed by atoms with van der Waals surface area (Å²) < 4.78 is 0. The van der Waals surface area contributed by atoms with E-state index in [0.29, 0.717) is 11.1 Å². The van der Waals surface area contributed by atoms with Gasteiger partial charge in [0.15, 0.2) is 11.6 Å². The third kappa shape index (κ3) is 2.85. The van der Waals surface area contributed by atoms with Gasteiger partial charge in [-0.05, 0) is 29.8 Å². The second-order valence-corrected chi connectivity index (χ2v) is 6.62. The van der Waals surface area contributed by atoms with Crippen molar-refractivity contribution >= 4 is 34.0 Å². The van der Waals surface area contributed by atoms with Gasteiger partial charge in [0, 0.05) is 11.1 Å². The van der Waals surface area contributed by atoms with Crippen molar-refractivity contribution in [1.82, 2.24) is 5.43 Å². The maximum absolute atomic E-state index is 12.5. The summed E-state index contributed by atoms with van der Waals surface area (Å²) in [5, 5.41) is 15.7. The number of nitrogens with zero attached hydrogens (tertiary/aromatic N) is 1. The molecule has 0 saturated carbocycles. The molecule has 0 atom stereocenters. The van der Waals surface area contributed by atoms with Gasteiger partial charge in [0.1, 0.15) is 11.7 Å². The molecule has 0 aliphatic heterocycles. The van der Waals surface area contributed by atoms with Gasteiger partial charge in [-0.3, -0.25) is 14.4 Å². The second-order valence-electron chi connectivity index (χ2n) is 6.62. The van der Waals surface area contributed by atoms with Crippen LogP contribution in [0.1, 0.15) is 38.0 Å². The number of hydrazone groups is 1. The van der Waals surface area contributed by atoms with Gasteiger partial charge in [-0.25, -0.2) is 5.43 Å². The number of Topliss-reactive ketones (excluding diaryl/α,β-unsaturated/α-hetero) is 2. The summed E-state index contributed by atoms with van der Waals surface area (Å²) >= 11 is 0. The van der Waals surface area contributed by atoms with Gasteiger partial charge < -0.3 is 5.11 Å². The predicted octanol–water partition coefficient (Wildman–Crippen LogP) is 3.35. The summed E-state index contributed by atoms with van der Waals surface area (Å²) in [6.45, 7) is 1.52. The summed E-state index contributed by atoms with van der Waals surface area (Å²) in [5.74, 6) is -2.50. The van der Waals surface area contributed by atoms with Gasteiger partial charge in [-0.2, -0.15) is 5.10 Å². The zero-order valence-electron chi connectivity index (χ0n) is 15.0. The number of carbonyl (C=O) groups is 3. The molecule has 0 saturated heterocycles. The van der Waals surface area contributed by atoms with E-state index < -0.39 is 11.8 Å². The number of aromatic hydroxyl groups is 1. The fourth-order valence-electron chi connectivity index (χ4n) is 3.40. The summed E-state index contributed by atoms with van der Waals surface area (Å²) in [5.41, 5.74) is 3.32. The highest BCUT2D eigenvalue weighted by atomic mass is 16.3. The Morgan fingerprint density at radius 2 is 1.46 bits per heavy atom. The maximum atomic E-state index is 12.5. The minimum atomic E-state index is -1.04. The summed E-state index contributed by atoms with van der Waals surface area (Å²) in [6.07, 6.45) is 0. The van der Waals surface area contributed by atoms with E-state index in [1.165, 1.54) is 13.0 Å². The molecule has 4 rings (SSSR count). The Morgan fingerprint density at radius 1 is 0.929 bits per heavy atom. The number of carbonyl (C=O) groups excluding carboxylic acids is 3. The third-order valence-electron chi connectivity index (χ3n) is 4.84. The Balaban J connectivity index is 1.58. The van der Waals surface area contributed by atoms with Crippen LogP contribution in [0.3, 0.4) is 0 Å². The average Bonchev–Trinajstić information content (AvgIpc) is 2.96. The van der Waals surface area contributed by atoms with Gasteiger partial charge in [-0.15, -0.1) is 0 Å². The average molecular weight is 372 g/mol. The lowest BCUT2D eigenvalue weighted by molar-refractivity contribution is 0.0877. The SMILES string of the molecule is C/C(=N\NC(=O)c1cc2ccccc2cc1O)C1C(=O)c2ccccc2C1=O. The highest BCUT2D eigenvalue weighted by Crippen LogP contribution is 2.28. The van der Waals surface area contributed by atoms with Crippen LogP contribution in [-0.4, -0.2) is 28.3 Å². The Hall–Kier alpha value is -3.80. The van der Waals surface area contributed by atoms with Crippen molar-refractivity contribution in [2.45, 2.75) is 6.92 Å². The summed E-state index contributed by atoms with van der Waals surface area (Å²) in [4.78, 5) is 37.5. The Labute approximate surface area is 160 Å². The molecule has 6 heteroatoms. The molecule has 1 aliphatic rings. The fourth-order valence-corrected chi connectivity index (χ4v) is 3.40. The van der Waals surface area contributed by atoms with Crippen LogP contribution in [0.5, 0.6) is 5.75 Å². The van der Waals surface area contributed by atoms with E-state index in [9.17, 15) is 19.5 Å². The molecule has 0 unspecified atom stereocenters. The molecule has 3 aromatic carbocycles. The molecule has 28 heavy (non-hydrogen) atoms.